The topological polar surface area (TPSA) is 21.3 Å². The molecular weight excluding hydrogens is 246 g/mol. The zero-order valence-electron chi connectivity index (χ0n) is 10.5. The lowest BCUT2D eigenvalue weighted by atomic mass is 10.1. The predicted molar refractivity (Wildman–Crippen MR) is 76.5 cm³/mol. The Hall–Kier alpha value is -1.67. The molecule has 2 aromatic carbocycles. The largest absolute Gasteiger partial charge is 0.497 e. The number of ether oxygens (including phenoxy) is 1. The monoisotopic (exact) mass is 261 g/mol. The van der Waals surface area contributed by atoms with E-state index >= 15 is 0 Å². The first-order valence-corrected chi connectivity index (χ1v) is 6.23. The fourth-order valence-corrected chi connectivity index (χ4v) is 1.90. The maximum atomic E-state index is 5.88. The van der Waals surface area contributed by atoms with E-state index in [2.05, 4.69) is 12.2 Å². The first-order valence-electron chi connectivity index (χ1n) is 5.85. The maximum Gasteiger partial charge on any atom is 0.119 e. The van der Waals surface area contributed by atoms with Crippen LogP contribution in [0.1, 0.15) is 18.5 Å². The second-order valence-corrected chi connectivity index (χ2v) is 4.58. The molecule has 0 fully saturated rings. The fourth-order valence-electron chi connectivity index (χ4n) is 1.77. The minimum absolute atomic E-state index is 0.232. The molecule has 0 saturated carbocycles. The van der Waals surface area contributed by atoms with Gasteiger partial charge in [-0.2, -0.15) is 0 Å². The van der Waals surface area contributed by atoms with E-state index in [0.717, 1.165) is 16.5 Å². The SMILES string of the molecule is COc1ccc(N[C@H](C)c2ccc(Cl)cc2)cc1. The second-order valence-electron chi connectivity index (χ2n) is 4.15. The highest BCUT2D eigenvalue weighted by atomic mass is 35.5. The van der Waals surface area contributed by atoms with E-state index in [4.69, 9.17) is 16.3 Å². The Morgan fingerprint density at radius 1 is 1.00 bits per heavy atom. The third kappa shape index (κ3) is 3.17. The number of anilines is 1. The van der Waals surface area contributed by atoms with E-state index in [1.807, 2.05) is 48.5 Å². The van der Waals surface area contributed by atoms with E-state index in [9.17, 15) is 0 Å². The number of methoxy groups -OCH3 is 1. The summed E-state index contributed by atoms with van der Waals surface area (Å²) < 4.78 is 5.13. The molecule has 2 aromatic rings. The van der Waals surface area contributed by atoms with E-state index in [-0.39, 0.29) is 6.04 Å². The summed E-state index contributed by atoms with van der Waals surface area (Å²) in [6.07, 6.45) is 0. The van der Waals surface area contributed by atoms with E-state index in [1.54, 1.807) is 7.11 Å². The lowest BCUT2D eigenvalue weighted by Gasteiger charge is -2.16. The first-order chi connectivity index (χ1) is 8.69. The van der Waals surface area contributed by atoms with E-state index < -0.39 is 0 Å². The number of rotatable bonds is 4. The average Bonchev–Trinajstić information content (AvgIpc) is 2.40. The quantitative estimate of drug-likeness (QED) is 0.874. The molecule has 0 saturated heterocycles. The third-order valence-corrected chi connectivity index (χ3v) is 3.10. The van der Waals surface area contributed by atoms with E-state index in [1.165, 1.54) is 5.56 Å². The van der Waals surface area contributed by atoms with Crippen molar-refractivity contribution in [2.75, 3.05) is 12.4 Å². The number of nitrogens with one attached hydrogen (secondary N) is 1. The number of hydrogen-bond donors (Lipinski definition) is 1. The van der Waals surface area contributed by atoms with Crippen molar-refractivity contribution < 1.29 is 4.74 Å². The molecule has 1 atom stereocenters. The molecular formula is C15H16ClNO. The van der Waals surface area contributed by atoms with Crippen LogP contribution in [0.5, 0.6) is 5.75 Å². The Kier molecular flexibility index (Phi) is 4.11. The highest BCUT2D eigenvalue weighted by Gasteiger charge is 2.05. The summed E-state index contributed by atoms with van der Waals surface area (Å²) in [7, 11) is 1.67. The van der Waals surface area contributed by atoms with Crippen molar-refractivity contribution in [2.45, 2.75) is 13.0 Å². The van der Waals surface area contributed by atoms with Crippen molar-refractivity contribution >= 4 is 17.3 Å². The highest BCUT2D eigenvalue weighted by Crippen LogP contribution is 2.22. The molecule has 18 heavy (non-hydrogen) atoms. The molecule has 0 heterocycles. The standard InChI is InChI=1S/C15H16ClNO/c1-11(12-3-5-13(16)6-4-12)17-14-7-9-15(18-2)10-8-14/h3-11,17H,1-2H3/t11-/m1/s1. The van der Waals surface area contributed by atoms with E-state index in [0.29, 0.717) is 0 Å². The van der Waals surface area contributed by atoms with Crippen molar-refractivity contribution in [2.24, 2.45) is 0 Å². The van der Waals surface area contributed by atoms with Gasteiger partial charge in [-0.25, -0.2) is 0 Å². The summed E-state index contributed by atoms with van der Waals surface area (Å²) in [5.41, 5.74) is 2.27. The first kappa shape index (κ1) is 12.8. The van der Waals surface area contributed by atoms with Crippen LogP contribution in [0.25, 0.3) is 0 Å². The molecule has 0 aliphatic heterocycles. The van der Waals surface area contributed by atoms with Gasteiger partial charge in [0.2, 0.25) is 0 Å². The molecule has 3 heteroatoms. The number of halogens is 1. The minimum atomic E-state index is 0.232. The summed E-state index contributed by atoms with van der Waals surface area (Å²) in [5.74, 6) is 0.861. The van der Waals surface area contributed by atoms with Crippen molar-refractivity contribution in [3.05, 3.63) is 59.1 Å². The molecule has 0 aliphatic carbocycles. The molecule has 0 aliphatic rings. The van der Waals surface area contributed by atoms with Crippen LogP contribution in [0.3, 0.4) is 0 Å². The molecule has 2 rings (SSSR count). The van der Waals surface area contributed by atoms with Crippen LogP contribution < -0.4 is 10.1 Å². The van der Waals surface area contributed by atoms with Gasteiger partial charge in [-0.15, -0.1) is 0 Å². The number of benzene rings is 2. The summed E-state index contributed by atoms with van der Waals surface area (Å²) in [4.78, 5) is 0. The molecule has 1 N–H and O–H groups in total. The van der Waals surface area contributed by atoms with Crippen LogP contribution in [0, 0.1) is 0 Å². The summed E-state index contributed by atoms with van der Waals surface area (Å²) >= 11 is 5.88. The summed E-state index contributed by atoms with van der Waals surface area (Å²) in [5, 5.41) is 4.19. The summed E-state index contributed by atoms with van der Waals surface area (Å²) in [6, 6.07) is 16.0. The van der Waals surface area contributed by atoms with Crippen molar-refractivity contribution in [1.29, 1.82) is 0 Å². The maximum absolute atomic E-state index is 5.88. The Labute approximate surface area is 113 Å². The highest BCUT2D eigenvalue weighted by molar-refractivity contribution is 6.30. The van der Waals surface area contributed by atoms with Crippen molar-refractivity contribution in [3.8, 4) is 5.75 Å². The Bertz CT molecular complexity index is 493. The molecule has 0 spiro atoms. The molecule has 2 nitrogen and oxygen atoms in total. The van der Waals surface area contributed by atoms with Gasteiger partial charge in [0.05, 0.1) is 7.11 Å². The summed E-state index contributed by atoms with van der Waals surface area (Å²) in [6.45, 7) is 2.12. The smallest absolute Gasteiger partial charge is 0.119 e. The molecule has 0 radical (unpaired) electrons. The molecule has 0 unspecified atom stereocenters. The van der Waals surface area contributed by atoms with Gasteiger partial charge in [-0.3, -0.25) is 0 Å². The molecule has 0 bridgehead atoms. The van der Waals surface area contributed by atoms with Crippen LogP contribution >= 0.6 is 11.6 Å². The van der Waals surface area contributed by atoms with Gasteiger partial charge in [0.1, 0.15) is 5.75 Å². The van der Waals surface area contributed by atoms with Gasteiger partial charge < -0.3 is 10.1 Å². The lowest BCUT2D eigenvalue weighted by molar-refractivity contribution is 0.415. The molecule has 0 amide bonds. The Balaban J connectivity index is 2.05. The average molecular weight is 262 g/mol. The molecule has 0 aromatic heterocycles. The van der Waals surface area contributed by atoms with Crippen LogP contribution in [0.4, 0.5) is 5.69 Å². The van der Waals surface area contributed by atoms with Crippen molar-refractivity contribution in [1.82, 2.24) is 0 Å². The van der Waals surface area contributed by atoms with Crippen LogP contribution in [0.15, 0.2) is 48.5 Å². The van der Waals surface area contributed by atoms with Gasteiger partial charge in [0.15, 0.2) is 0 Å². The normalized spacial score (nSPS) is 11.9. The van der Waals surface area contributed by atoms with Gasteiger partial charge >= 0.3 is 0 Å². The van der Waals surface area contributed by atoms with Crippen LogP contribution in [-0.2, 0) is 0 Å². The predicted octanol–water partition coefficient (Wildman–Crippen LogP) is 4.52. The van der Waals surface area contributed by atoms with Gasteiger partial charge in [-0.05, 0) is 48.9 Å². The second kappa shape index (κ2) is 5.78. The zero-order chi connectivity index (χ0) is 13.0. The lowest BCUT2D eigenvalue weighted by Crippen LogP contribution is -2.06. The fraction of sp³-hybridized carbons (Fsp3) is 0.200. The van der Waals surface area contributed by atoms with Gasteiger partial charge in [0.25, 0.3) is 0 Å². The Morgan fingerprint density at radius 2 is 1.61 bits per heavy atom. The Morgan fingerprint density at radius 3 is 2.17 bits per heavy atom. The van der Waals surface area contributed by atoms with Crippen LogP contribution in [-0.4, -0.2) is 7.11 Å². The third-order valence-electron chi connectivity index (χ3n) is 2.84. The van der Waals surface area contributed by atoms with Crippen molar-refractivity contribution in [3.63, 3.8) is 0 Å². The number of hydrogen-bond acceptors (Lipinski definition) is 2. The minimum Gasteiger partial charge on any atom is -0.497 e. The van der Waals surface area contributed by atoms with Gasteiger partial charge in [-0.1, -0.05) is 23.7 Å². The molecule has 94 valence electrons. The zero-order valence-corrected chi connectivity index (χ0v) is 11.2. The van der Waals surface area contributed by atoms with Crippen LogP contribution in [0.2, 0.25) is 5.02 Å². The van der Waals surface area contributed by atoms with Gasteiger partial charge in [0, 0.05) is 16.8 Å².